The molecule has 1 aliphatic rings. The van der Waals surface area contributed by atoms with Crippen molar-refractivity contribution in [1.82, 2.24) is 4.90 Å². The minimum Gasteiger partial charge on any atom is -0.481 e. The predicted molar refractivity (Wildman–Crippen MR) is 88.7 cm³/mol. The Morgan fingerprint density at radius 1 is 1.38 bits per heavy atom. The summed E-state index contributed by atoms with van der Waals surface area (Å²) in [5, 5.41) is 10.00. The SMILES string of the molecule is CN(Cc1ccc(Br)cc1Cl)C1(CC(=O)O)CCCCC1. The largest absolute Gasteiger partial charge is 0.481 e. The molecule has 0 aromatic heterocycles. The first-order chi connectivity index (χ1) is 9.93. The molecule has 21 heavy (non-hydrogen) atoms. The monoisotopic (exact) mass is 373 g/mol. The van der Waals surface area contributed by atoms with Crippen molar-refractivity contribution in [3.63, 3.8) is 0 Å². The number of carboxylic acid groups (broad SMARTS) is 1. The van der Waals surface area contributed by atoms with Gasteiger partial charge in [-0.05, 0) is 37.6 Å². The number of aliphatic carboxylic acids is 1. The van der Waals surface area contributed by atoms with E-state index in [0.717, 1.165) is 40.7 Å². The third-order valence-corrected chi connectivity index (χ3v) is 5.34. The third kappa shape index (κ3) is 4.21. The molecule has 1 saturated carbocycles. The molecule has 0 spiro atoms. The standard InChI is InChI=1S/C16H21BrClNO2/c1-19(11-12-5-6-13(17)9-14(12)18)16(10-15(20)21)7-3-2-4-8-16/h5-6,9H,2-4,7-8,10-11H2,1H3,(H,20,21). The van der Waals surface area contributed by atoms with Crippen molar-refractivity contribution in [2.75, 3.05) is 7.05 Å². The highest BCUT2D eigenvalue weighted by molar-refractivity contribution is 9.10. The first kappa shape index (κ1) is 16.8. The zero-order valence-electron chi connectivity index (χ0n) is 12.2. The molecule has 0 aliphatic heterocycles. The number of halogens is 2. The average molecular weight is 375 g/mol. The second-order valence-corrected chi connectivity index (χ2v) is 7.27. The third-order valence-electron chi connectivity index (χ3n) is 4.50. The van der Waals surface area contributed by atoms with E-state index in [1.54, 1.807) is 0 Å². The summed E-state index contributed by atoms with van der Waals surface area (Å²) in [4.78, 5) is 13.5. The number of carboxylic acids is 1. The first-order valence-electron chi connectivity index (χ1n) is 7.30. The molecule has 0 unspecified atom stereocenters. The van der Waals surface area contributed by atoms with Crippen LogP contribution in [0.15, 0.2) is 22.7 Å². The molecular formula is C16H21BrClNO2. The highest BCUT2D eigenvalue weighted by Gasteiger charge is 2.38. The van der Waals surface area contributed by atoms with E-state index in [1.165, 1.54) is 6.42 Å². The lowest BCUT2D eigenvalue weighted by Crippen LogP contribution is -2.49. The number of hydrogen-bond acceptors (Lipinski definition) is 2. The fourth-order valence-corrected chi connectivity index (χ4v) is 3.99. The quantitative estimate of drug-likeness (QED) is 0.811. The van der Waals surface area contributed by atoms with Crippen LogP contribution >= 0.6 is 27.5 Å². The molecule has 1 aromatic carbocycles. The summed E-state index contributed by atoms with van der Waals surface area (Å²) in [5.41, 5.74) is 0.804. The van der Waals surface area contributed by atoms with E-state index < -0.39 is 5.97 Å². The van der Waals surface area contributed by atoms with Gasteiger partial charge in [0.05, 0.1) is 6.42 Å². The lowest BCUT2D eigenvalue weighted by atomic mass is 9.78. The molecule has 1 N–H and O–H groups in total. The van der Waals surface area contributed by atoms with Gasteiger partial charge in [0, 0.05) is 21.6 Å². The van der Waals surface area contributed by atoms with E-state index in [-0.39, 0.29) is 12.0 Å². The van der Waals surface area contributed by atoms with Crippen molar-refractivity contribution >= 4 is 33.5 Å². The van der Waals surface area contributed by atoms with E-state index in [0.29, 0.717) is 6.54 Å². The molecule has 2 rings (SSSR count). The van der Waals surface area contributed by atoms with Gasteiger partial charge in [-0.2, -0.15) is 0 Å². The maximum absolute atomic E-state index is 11.3. The van der Waals surface area contributed by atoms with Gasteiger partial charge in [-0.1, -0.05) is 52.9 Å². The summed E-state index contributed by atoms with van der Waals surface area (Å²) in [6.07, 6.45) is 5.51. The van der Waals surface area contributed by atoms with E-state index in [4.69, 9.17) is 11.6 Å². The topological polar surface area (TPSA) is 40.5 Å². The Morgan fingerprint density at radius 3 is 2.62 bits per heavy atom. The summed E-state index contributed by atoms with van der Waals surface area (Å²) in [6, 6.07) is 5.86. The van der Waals surface area contributed by atoms with Crippen LogP contribution in [0.25, 0.3) is 0 Å². The molecular weight excluding hydrogens is 354 g/mol. The van der Waals surface area contributed by atoms with Crippen LogP contribution in [0.3, 0.4) is 0 Å². The van der Waals surface area contributed by atoms with E-state index in [1.807, 2.05) is 25.2 Å². The van der Waals surface area contributed by atoms with Crippen LogP contribution in [0, 0.1) is 0 Å². The molecule has 0 bridgehead atoms. The Labute approximate surface area is 139 Å². The predicted octanol–water partition coefficient (Wildman–Crippen LogP) is 4.71. The number of nitrogens with zero attached hydrogens (tertiary/aromatic N) is 1. The van der Waals surface area contributed by atoms with E-state index >= 15 is 0 Å². The molecule has 1 aromatic rings. The summed E-state index contributed by atoms with van der Waals surface area (Å²) in [5.74, 6) is -0.717. The van der Waals surface area contributed by atoms with Crippen LogP contribution in [-0.4, -0.2) is 28.6 Å². The van der Waals surface area contributed by atoms with Crippen molar-refractivity contribution in [3.8, 4) is 0 Å². The molecule has 1 fully saturated rings. The van der Waals surface area contributed by atoms with Gasteiger partial charge in [-0.25, -0.2) is 0 Å². The van der Waals surface area contributed by atoms with Crippen molar-refractivity contribution in [2.24, 2.45) is 0 Å². The summed E-state index contributed by atoms with van der Waals surface area (Å²) in [6.45, 7) is 0.680. The van der Waals surface area contributed by atoms with Crippen molar-refractivity contribution in [3.05, 3.63) is 33.3 Å². The fourth-order valence-electron chi connectivity index (χ4n) is 3.26. The van der Waals surface area contributed by atoms with Crippen molar-refractivity contribution in [1.29, 1.82) is 0 Å². The van der Waals surface area contributed by atoms with Gasteiger partial charge in [0.1, 0.15) is 0 Å². The van der Waals surface area contributed by atoms with E-state index in [2.05, 4.69) is 20.8 Å². The van der Waals surface area contributed by atoms with Crippen LogP contribution in [0.2, 0.25) is 5.02 Å². The smallest absolute Gasteiger partial charge is 0.305 e. The van der Waals surface area contributed by atoms with Crippen molar-refractivity contribution < 1.29 is 9.90 Å². The van der Waals surface area contributed by atoms with Gasteiger partial charge in [0.2, 0.25) is 0 Å². The lowest BCUT2D eigenvalue weighted by Gasteiger charge is -2.44. The molecule has 3 nitrogen and oxygen atoms in total. The van der Waals surface area contributed by atoms with Crippen molar-refractivity contribution in [2.45, 2.75) is 50.6 Å². The Balaban J connectivity index is 2.17. The maximum atomic E-state index is 11.3. The zero-order valence-corrected chi connectivity index (χ0v) is 14.6. The minimum absolute atomic E-state index is 0.206. The van der Waals surface area contributed by atoms with Crippen LogP contribution < -0.4 is 0 Å². The lowest BCUT2D eigenvalue weighted by molar-refractivity contribution is -0.141. The van der Waals surface area contributed by atoms with Gasteiger partial charge in [-0.3, -0.25) is 9.69 Å². The molecule has 0 heterocycles. The van der Waals surface area contributed by atoms with Gasteiger partial charge in [0.25, 0.3) is 0 Å². The summed E-state index contributed by atoms with van der Waals surface area (Å²) < 4.78 is 0.955. The average Bonchev–Trinajstić information content (AvgIpc) is 2.42. The minimum atomic E-state index is -0.717. The number of hydrogen-bond donors (Lipinski definition) is 1. The van der Waals surface area contributed by atoms with Crippen LogP contribution in [0.4, 0.5) is 0 Å². The first-order valence-corrected chi connectivity index (χ1v) is 8.47. The molecule has 0 atom stereocenters. The Morgan fingerprint density at radius 2 is 2.05 bits per heavy atom. The molecule has 1 aliphatic carbocycles. The Bertz CT molecular complexity index is 515. The molecule has 0 amide bonds. The number of carbonyl (C=O) groups is 1. The second-order valence-electron chi connectivity index (χ2n) is 5.95. The summed E-state index contributed by atoms with van der Waals surface area (Å²) in [7, 11) is 2.02. The molecule has 5 heteroatoms. The second kappa shape index (κ2) is 7.12. The normalized spacial score (nSPS) is 17.9. The Kier molecular flexibility index (Phi) is 5.69. The number of rotatable bonds is 5. The van der Waals surface area contributed by atoms with Gasteiger partial charge in [0.15, 0.2) is 0 Å². The van der Waals surface area contributed by atoms with Crippen LogP contribution in [-0.2, 0) is 11.3 Å². The molecule has 0 radical (unpaired) electrons. The molecule has 0 saturated heterocycles. The number of benzene rings is 1. The van der Waals surface area contributed by atoms with Gasteiger partial charge < -0.3 is 5.11 Å². The maximum Gasteiger partial charge on any atom is 0.305 e. The van der Waals surface area contributed by atoms with Crippen LogP contribution in [0.5, 0.6) is 0 Å². The van der Waals surface area contributed by atoms with E-state index in [9.17, 15) is 9.90 Å². The zero-order chi connectivity index (χ0) is 15.5. The fraction of sp³-hybridized carbons (Fsp3) is 0.562. The van der Waals surface area contributed by atoms with Crippen LogP contribution in [0.1, 0.15) is 44.1 Å². The Hall–Kier alpha value is -0.580. The van der Waals surface area contributed by atoms with Gasteiger partial charge >= 0.3 is 5.97 Å². The molecule has 116 valence electrons. The summed E-state index contributed by atoms with van der Waals surface area (Å²) >= 11 is 9.70. The highest BCUT2D eigenvalue weighted by Crippen LogP contribution is 2.37. The van der Waals surface area contributed by atoms with Gasteiger partial charge in [-0.15, -0.1) is 0 Å². The highest BCUT2D eigenvalue weighted by atomic mass is 79.9.